The quantitative estimate of drug-likeness (QED) is 0.800. The van der Waals surface area contributed by atoms with E-state index in [0.717, 1.165) is 17.0 Å². The molecule has 0 saturated heterocycles. The smallest absolute Gasteiger partial charge is 0.277 e. The van der Waals surface area contributed by atoms with Gasteiger partial charge in [-0.05, 0) is 45.0 Å². The zero-order valence-electron chi connectivity index (χ0n) is 12.5. The highest BCUT2D eigenvalue weighted by atomic mass is 16.5. The molecule has 3 rings (SSSR count). The molecule has 1 N–H and O–H groups in total. The molecule has 0 aliphatic heterocycles. The van der Waals surface area contributed by atoms with Crippen LogP contribution in [0.25, 0.3) is 11.5 Å². The third-order valence-corrected chi connectivity index (χ3v) is 3.28. The molecule has 3 aromatic rings. The van der Waals surface area contributed by atoms with Crippen LogP contribution >= 0.6 is 0 Å². The van der Waals surface area contributed by atoms with Gasteiger partial charge in [0.15, 0.2) is 5.69 Å². The Labute approximate surface area is 127 Å². The number of benzene rings is 1. The molecular formula is C16H15N3O3. The summed E-state index contributed by atoms with van der Waals surface area (Å²) < 4.78 is 10.5. The molecule has 112 valence electrons. The summed E-state index contributed by atoms with van der Waals surface area (Å²) in [5, 5.41) is 6.43. The topological polar surface area (TPSA) is 81.2 Å². The van der Waals surface area contributed by atoms with E-state index in [9.17, 15) is 4.79 Å². The zero-order chi connectivity index (χ0) is 15.7. The molecule has 0 aliphatic rings. The molecule has 0 spiro atoms. The third kappa shape index (κ3) is 2.76. The SMILES string of the molecule is Cc1cc(C(=O)Nc2ccc(-c3nc(C)c(C)o3)cc2)no1. The van der Waals surface area contributed by atoms with Crippen molar-refractivity contribution in [2.75, 3.05) is 5.32 Å². The lowest BCUT2D eigenvalue weighted by Crippen LogP contribution is -2.11. The maximum absolute atomic E-state index is 12.0. The Hall–Kier alpha value is -2.89. The van der Waals surface area contributed by atoms with E-state index in [-0.39, 0.29) is 11.6 Å². The number of hydrogen-bond donors (Lipinski definition) is 1. The average molecular weight is 297 g/mol. The van der Waals surface area contributed by atoms with Gasteiger partial charge in [-0.15, -0.1) is 0 Å². The Bertz CT molecular complexity index is 796. The summed E-state index contributed by atoms with van der Waals surface area (Å²) in [4.78, 5) is 16.3. The van der Waals surface area contributed by atoms with Crippen molar-refractivity contribution in [3.05, 3.63) is 53.2 Å². The van der Waals surface area contributed by atoms with E-state index >= 15 is 0 Å². The van der Waals surface area contributed by atoms with Crippen LogP contribution in [-0.2, 0) is 0 Å². The predicted octanol–water partition coefficient (Wildman–Crippen LogP) is 3.51. The van der Waals surface area contributed by atoms with Crippen LogP contribution in [0.15, 0.2) is 39.3 Å². The van der Waals surface area contributed by atoms with E-state index in [1.54, 1.807) is 25.1 Å². The number of amides is 1. The van der Waals surface area contributed by atoms with Gasteiger partial charge in [-0.1, -0.05) is 5.16 Å². The molecule has 2 aromatic heterocycles. The summed E-state index contributed by atoms with van der Waals surface area (Å²) in [7, 11) is 0. The van der Waals surface area contributed by atoms with Gasteiger partial charge < -0.3 is 14.3 Å². The van der Waals surface area contributed by atoms with Crippen LogP contribution in [0.1, 0.15) is 27.7 Å². The van der Waals surface area contributed by atoms with Crippen LogP contribution in [0.4, 0.5) is 5.69 Å². The van der Waals surface area contributed by atoms with E-state index in [2.05, 4.69) is 15.5 Å². The van der Waals surface area contributed by atoms with Gasteiger partial charge in [0.2, 0.25) is 5.89 Å². The maximum atomic E-state index is 12.0. The van der Waals surface area contributed by atoms with Gasteiger partial charge in [0, 0.05) is 17.3 Å². The van der Waals surface area contributed by atoms with Crippen molar-refractivity contribution in [3.63, 3.8) is 0 Å². The number of nitrogens with one attached hydrogen (secondary N) is 1. The van der Waals surface area contributed by atoms with Gasteiger partial charge in [0.1, 0.15) is 11.5 Å². The minimum absolute atomic E-state index is 0.250. The number of aromatic nitrogens is 2. The summed E-state index contributed by atoms with van der Waals surface area (Å²) in [5.74, 6) is 1.65. The molecule has 0 radical (unpaired) electrons. The molecular weight excluding hydrogens is 282 g/mol. The Morgan fingerprint density at radius 1 is 1.14 bits per heavy atom. The largest absolute Gasteiger partial charge is 0.441 e. The fourth-order valence-electron chi connectivity index (χ4n) is 1.96. The van der Waals surface area contributed by atoms with Gasteiger partial charge in [0.05, 0.1) is 5.69 Å². The van der Waals surface area contributed by atoms with Crippen molar-refractivity contribution in [2.24, 2.45) is 0 Å². The highest BCUT2D eigenvalue weighted by molar-refractivity contribution is 6.02. The highest BCUT2D eigenvalue weighted by Gasteiger charge is 2.12. The number of rotatable bonds is 3. The Balaban J connectivity index is 1.75. The monoisotopic (exact) mass is 297 g/mol. The van der Waals surface area contributed by atoms with Crippen LogP contribution in [0, 0.1) is 20.8 Å². The first-order chi connectivity index (χ1) is 10.5. The van der Waals surface area contributed by atoms with Crippen LogP contribution in [0.2, 0.25) is 0 Å². The van der Waals surface area contributed by atoms with E-state index in [4.69, 9.17) is 8.94 Å². The molecule has 1 amide bonds. The second kappa shape index (κ2) is 5.48. The molecule has 6 nitrogen and oxygen atoms in total. The fourth-order valence-corrected chi connectivity index (χ4v) is 1.96. The molecule has 0 aliphatic carbocycles. The number of carbonyl (C=O) groups excluding carboxylic acids is 1. The number of anilines is 1. The molecule has 2 heterocycles. The lowest BCUT2D eigenvalue weighted by Gasteiger charge is -2.03. The first kappa shape index (κ1) is 14.1. The van der Waals surface area contributed by atoms with E-state index in [1.165, 1.54) is 0 Å². The van der Waals surface area contributed by atoms with Crippen LogP contribution in [0.5, 0.6) is 0 Å². The van der Waals surface area contributed by atoms with Crippen molar-refractivity contribution >= 4 is 11.6 Å². The molecule has 0 atom stereocenters. The Kier molecular flexibility index (Phi) is 3.50. The van der Waals surface area contributed by atoms with Crippen molar-refractivity contribution in [1.29, 1.82) is 0 Å². The summed E-state index contributed by atoms with van der Waals surface area (Å²) in [6.07, 6.45) is 0. The maximum Gasteiger partial charge on any atom is 0.277 e. The molecule has 22 heavy (non-hydrogen) atoms. The second-order valence-corrected chi connectivity index (χ2v) is 5.01. The highest BCUT2D eigenvalue weighted by Crippen LogP contribution is 2.23. The number of aryl methyl sites for hydroxylation is 3. The predicted molar refractivity (Wildman–Crippen MR) is 80.6 cm³/mol. The van der Waals surface area contributed by atoms with E-state index in [1.807, 2.05) is 26.0 Å². The van der Waals surface area contributed by atoms with E-state index in [0.29, 0.717) is 17.3 Å². The van der Waals surface area contributed by atoms with Crippen molar-refractivity contribution in [2.45, 2.75) is 20.8 Å². The normalized spacial score (nSPS) is 10.7. The summed E-state index contributed by atoms with van der Waals surface area (Å²) >= 11 is 0. The number of oxazole rings is 1. The van der Waals surface area contributed by atoms with Crippen LogP contribution < -0.4 is 5.32 Å². The summed E-state index contributed by atoms with van der Waals surface area (Å²) in [6, 6.07) is 8.84. The first-order valence-electron chi connectivity index (χ1n) is 6.82. The van der Waals surface area contributed by atoms with Gasteiger partial charge in [0.25, 0.3) is 5.91 Å². The van der Waals surface area contributed by atoms with Gasteiger partial charge in [-0.3, -0.25) is 4.79 Å². The van der Waals surface area contributed by atoms with Gasteiger partial charge in [-0.2, -0.15) is 0 Å². The average Bonchev–Trinajstić information content (AvgIpc) is 3.07. The second-order valence-electron chi connectivity index (χ2n) is 5.01. The summed E-state index contributed by atoms with van der Waals surface area (Å²) in [5.41, 5.74) is 2.63. The minimum atomic E-state index is -0.313. The molecule has 0 fully saturated rings. The number of hydrogen-bond acceptors (Lipinski definition) is 5. The van der Waals surface area contributed by atoms with Crippen LogP contribution in [-0.4, -0.2) is 16.0 Å². The Morgan fingerprint density at radius 2 is 1.86 bits per heavy atom. The fraction of sp³-hybridized carbons (Fsp3) is 0.188. The van der Waals surface area contributed by atoms with E-state index < -0.39 is 0 Å². The van der Waals surface area contributed by atoms with Gasteiger partial charge >= 0.3 is 0 Å². The Morgan fingerprint density at radius 3 is 2.41 bits per heavy atom. The molecule has 0 bridgehead atoms. The van der Waals surface area contributed by atoms with Crippen molar-refractivity contribution in [3.8, 4) is 11.5 Å². The first-order valence-corrected chi connectivity index (χ1v) is 6.82. The number of carbonyl (C=O) groups is 1. The van der Waals surface area contributed by atoms with Crippen molar-refractivity contribution in [1.82, 2.24) is 10.1 Å². The van der Waals surface area contributed by atoms with Gasteiger partial charge in [-0.25, -0.2) is 4.98 Å². The lowest BCUT2D eigenvalue weighted by atomic mass is 10.2. The zero-order valence-corrected chi connectivity index (χ0v) is 12.5. The summed E-state index contributed by atoms with van der Waals surface area (Å²) in [6.45, 7) is 5.51. The molecule has 0 saturated carbocycles. The number of nitrogens with zero attached hydrogens (tertiary/aromatic N) is 2. The molecule has 1 aromatic carbocycles. The lowest BCUT2D eigenvalue weighted by molar-refractivity contribution is 0.101. The molecule has 6 heteroatoms. The van der Waals surface area contributed by atoms with Crippen molar-refractivity contribution < 1.29 is 13.7 Å². The van der Waals surface area contributed by atoms with Crippen LogP contribution in [0.3, 0.4) is 0 Å². The third-order valence-electron chi connectivity index (χ3n) is 3.28. The minimum Gasteiger partial charge on any atom is -0.441 e. The molecule has 0 unspecified atom stereocenters. The standard InChI is InChI=1S/C16H15N3O3/c1-9-8-14(19-22-9)15(20)18-13-6-4-12(5-7-13)16-17-10(2)11(3)21-16/h4-8H,1-3H3,(H,18,20).